The second kappa shape index (κ2) is 4.10. The third-order valence-electron chi connectivity index (χ3n) is 4.26. The molecule has 98 valence electrons. The first-order valence-corrected chi connectivity index (χ1v) is 6.29. The second-order valence-electron chi connectivity index (χ2n) is 5.50. The number of nitrogens with zero attached hydrogens (tertiary/aromatic N) is 2. The predicted octanol–water partition coefficient (Wildman–Crippen LogP) is 0.418. The smallest absolute Gasteiger partial charge is 0.289 e. The van der Waals surface area contributed by atoms with E-state index in [9.17, 15) is 9.90 Å². The number of rotatable bonds is 2. The Labute approximate surface area is 106 Å². The molecule has 2 aliphatic rings. The molecular formula is C13H18N2O3. The van der Waals surface area contributed by atoms with E-state index >= 15 is 0 Å². The summed E-state index contributed by atoms with van der Waals surface area (Å²) in [4.78, 5) is 16.1. The maximum atomic E-state index is 12.1. The summed E-state index contributed by atoms with van der Waals surface area (Å²) in [7, 11) is 2.07. The van der Waals surface area contributed by atoms with Gasteiger partial charge in [-0.1, -0.05) is 0 Å². The Morgan fingerprint density at radius 3 is 2.94 bits per heavy atom. The summed E-state index contributed by atoms with van der Waals surface area (Å²) in [6, 6.07) is 3.43. The lowest BCUT2D eigenvalue weighted by molar-refractivity contribution is -0.00955. The summed E-state index contributed by atoms with van der Waals surface area (Å²) in [6.07, 6.45) is 2.49. The third-order valence-corrected chi connectivity index (χ3v) is 4.26. The zero-order valence-corrected chi connectivity index (χ0v) is 10.5. The maximum absolute atomic E-state index is 12.1. The van der Waals surface area contributed by atoms with Crippen molar-refractivity contribution in [1.29, 1.82) is 0 Å². The first-order valence-electron chi connectivity index (χ1n) is 6.29. The quantitative estimate of drug-likeness (QED) is 0.826. The van der Waals surface area contributed by atoms with Gasteiger partial charge in [0.05, 0.1) is 11.8 Å². The molecule has 0 bridgehead atoms. The normalized spacial score (nSPS) is 26.6. The Morgan fingerprint density at radius 2 is 2.39 bits per heavy atom. The van der Waals surface area contributed by atoms with Crippen LogP contribution in [0.15, 0.2) is 22.8 Å². The number of carbonyl (C=O) groups excluding carboxylic acids is 1. The Kier molecular flexibility index (Phi) is 2.68. The minimum absolute atomic E-state index is 0.0357. The molecule has 2 fully saturated rings. The molecule has 0 aromatic carbocycles. The van der Waals surface area contributed by atoms with E-state index in [1.807, 2.05) is 4.90 Å². The summed E-state index contributed by atoms with van der Waals surface area (Å²) >= 11 is 0. The molecular weight excluding hydrogens is 232 g/mol. The molecule has 0 saturated carbocycles. The van der Waals surface area contributed by atoms with Gasteiger partial charge in [0.15, 0.2) is 5.76 Å². The first-order chi connectivity index (χ1) is 8.64. The number of carbonyl (C=O) groups is 1. The average molecular weight is 250 g/mol. The van der Waals surface area contributed by atoms with Crippen LogP contribution in [0.4, 0.5) is 0 Å². The van der Waals surface area contributed by atoms with Crippen LogP contribution in [0, 0.1) is 5.92 Å². The van der Waals surface area contributed by atoms with Crippen LogP contribution in [-0.2, 0) is 0 Å². The van der Waals surface area contributed by atoms with Crippen LogP contribution in [0.5, 0.6) is 0 Å². The van der Waals surface area contributed by atoms with Gasteiger partial charge in [-0.2, -0.15) is 0 Å². The van der Waals surface area contributed by atoms with Gasteiger partial charge in [-0.25, -0.2) is 0 Å². The number of aliphatic hydroxyl groups is 1. The van der Waals surface area contributed by atoms with Gasteiger partial charge in [0.2, 0.25) is 0 Å². The van der Waals surface area contributed by atoms with Crippen LogP contribution < -0.4 is 0 Å². The number of likely N-dealkylation sites (tertiary alicyclic amines) is 2. The van der Waals surface area contributed by atoms with E-state index < -0.39 is 0 Å². The van der Waals surface area contributed by atoms with Crippen molar-refractivity contribution in [3.8, 4) is 0 Å². The predicted molar refractivity (Wildman–Crippen MR) is 65.2 cm³/mol. The molecule has 2 saturated heterocycles. The van der Waals surface area contributed by atoms with E-state index in [4.69, 9.17) is 4.42 Å². The summed E-state index contributed by atoms with van der Waals surface area (Å²) < 4.78 is 5.13. The molecule has 5 nitrogen and oxygen atoms in total. The molecule has 0 radical (unpaired) electrons. The number of hydrogen-bond acceptors (Lipinski definition) is 4. The minimum Gasteiger partial charge on any atom is -0.459 e. The number of furan rings is 1. The fourth-order valence-corrected chi connectivity index (χ4v) is 3.20. The van der Waals surface area contributed by atoms with Gasteiger partial charge in [0.25, 0.3) is 5.91 Å². The lowest BCUT2D eigenvalue weighted by Gasteiger charge is -2.51. The van der Waals surface area contributed by atoms with Gasteiger partial charge in [0.1, 0.15) is 0 Å². The monoisotopic (exact) mass is 250 g/mol. The van der Waals surface area contributed by atoms with Gasteiger partial charge in [0, 0.05) is 26.2 Å². The van der Waals surface area contributed by atoms with Crippen molar-refractivity contribution in [2.75, 3.05) is 33.3 Å². The number of likely N-dealkylation sites (N-methyl/N-ethyl adjacent to an activating group) is 1. The van der Waals surface area contributed by atoms with Gasteiger partial charge >= 0.3 is 0 Å². The fraction of sp³-hybridized carbons (Fsp3) is 0.615. The molecule has 5 heteroatoms. The SMILES string of the molecule is CN1CC(CO)CC12CN(C(=O)c1ccco1)C2. The molecule has 0 aliphatic carbocycles. The van der Waals surface area contributed by atoms with E-state index in [0.717, 1.165) is 26.1 Å². The van der Waals surface area contributed by atoms with E-state index in [1.165, 1.54) is 6.26 Å². The van der Waals surface area contributed by atoms with Crippen LogP contribution in [0.1, 0.15) is 17.0 Å². The van der Waals surface area contributed by atoms with Crippen molar-refractivity contribution in [3.05, 3.63) is 24.2 Å². The number of aliphatic hydroxyl groups excluding tert-OH is 1. The lowest BCUT2D eigenvalue weighted by Crippen LogP contribution is -2.68. The highest BCUT2D eigenvalue weighted by Gasteiger charge is 2.53. The summed E-state index contributed by atoms with van der Waals surface area (Å²) in [5.74, 6) is 0.714. The highest BCUT2D eigenvalue weighted by molar-refractivity contribution is 5.92. The molecule has 3 heterocycles. The third kappa shape index (κ3) is 1.66. The number of hydrogen-bond donors (Lipinski definition) is 1. The highest BCUT2D eigenvalue weighted by atomic mass is 16.3. The Morgan fingerprint density at radius 1 is 1.61 bits per heavy atom. The molecule has 3 rings (SSSR count). The average Bonchev–Trinajstić information content (AvgIpc) is 2.93. The van der Waals surface area contributed by atoms with Gasteiger partial charge in [-0.15, -0.1) is 0 Å². The molecule has 1 aromatic heterocycles. The van der Waals surface area contributed by atoms with Crippen molar-refractivity contribution < 1.29 is 14.3 Å². The van der Waals surface area contributed by atoms with E-state index in [2.05, 4.69) is 11.9 Å². The zero-order chi connectivity index (χ0) is 12.8. The zero-order valence-electron chi connectivity index (χ0n) is 10.5. The van der Waals surface area contributed by atoms with Crippen molar-refractivity contribution in [1.82, 2.24) is 9.80 Å². The van der Waals surface area contributed by atoms with Gasteiger partial charge < -0.3 is 14.4 Å². The topological polar surface area (TPSA) is 56.9 Å². The fourth-order valence-electron chi connectivity index (χ4n) is 3.20. The maximum Gasteiger partial charge on any atom is 0.289 e. The molecule has 1 spiro atoms. The number of amides is 1. The van der Waals surface area contributed by atoms with E-state index in [-0.39, 0.29) is 18.1 Å². The standard InChI is InChI=1S/C13H18N2O3/c1-14-6-10(7-16)5-13(14)8-15(9-13)12(17)11-3-2-4-18-11/h2-4,10,16H,5-9H2,1H3. The Bertz CT molecular complexity index is 437. The molecule has 2 aliphatic heterocycles. The molecule has 1 atom stereocenters. The van der Waals surface area contributed by atoms with Crippen molar-refractivity contribution >= 4 is 5.91 Å². The lowest BCUT2D eigenvalue weighted by atomic mass is 9.84. The summed E-state index contributed by atoms with van der Waals surface area (Å²) in [5, 5.41) is 9.24. The molecule has 1 amide bonds. The first kappa shape index (κ1) is 11.7. The molecule has 1 N–H and O–H groups in total. The molecule has 18 heavy (non-hydrogen) atoms. The largest absolute Gasteiger partial charge is 0.459 e. The van der Waals surface area contributed by atoms with Gasteiger partial charge in [-0.05, 0) is 31.5 Å². The second-order valence-corrected chi connectivity index (χ2v) is 5.50. The van der Waals surface area contributed by atoms with Crippen LogP contribution in [-0.4, -0.2) is 59.6 Å². The minimum atomic E-state index is -0.0357. The molecule has 1 unspecified atom stereocenters. The van der Waals surface area contributed by atoms with E-state index in [0.29, 0.717) is 11.7 Å². The van der Waals surface area contributed by atoms with Crippen molar-refractivity contribution in [3.63, 3.8) is 0 Å². The highest BCUT2D eigenvalue weighted by Crippen LogP contribution is 2.39. The Hall–Kier alpha value is -1.33. The van der Waals surface area contributed by atoms with Crippen molar-refractivity contribution in [2.45, 2.75) is 12.0 Å². The van der Waals surface area contributed by atoms with Crippen molar-refractivity contribution in [2.24, 2.45) is 5.92 Å². The van der Waals surface area contributed by atoms with Crippen LogP contribution >= 0.6 is 0 Å². The van der Waals surface area contributed by atoms with E-state index in [1.54, 1.807) is 12.1 Å². The van der Waals surface area contributed by atoms with Crippen LogP contribution in [0.2, 0.25) is 0 Å². The summed E-state index contributed by atoms with van der Waals surface area (Å²) in [6.45, 7) is 2.62. The molecule has 1 aromatic rings. The van der Waals surface area contributed by atoms with Gasteiger partial charge in [-0.3, -0.25) is 9.69 Å². The van der Waals surface area contributed by atoms with Crippen LogP contribution in [0.3, 0.4) is 0 Å². The van der Waals surface area contributed by atoms with Crippen LogP contribution in [0.25, 0.3) is 0 Å². The summed E-state index contributed by atoms with van der Waals surface area (Å²) in [5.41, 5.74) is 0.0790. The Balaban J connectivity index is 1.65.